The van der Waals surface area contributed by atoms with E-state index in [0.29, 0.717) is 6.04 Å². The zero-order chi connectivity index (χ0) is 13.9. The topological polar surface area (TPSA) is 45.2 Å². The van der Waals surface area contributed by atoms with Crippen LogP contribution >= 0.6 is 0 Å². The molecule has 0 bridgehead atoms. The van der Waals surface area contributed by atoms with Gasteiger partial charge in [-0.25, -0.2) is 4.98 Å². The van der Waals surface area contributed by atoms with Gasteiger partial charge in [0.1, 0.15) is 5.82 Å². The zero-order valence-electron chi connectivity index (χ0n) is 12.1. The SMILES string of the molecule is CC(=O)N1CCC[C@H]1c1ccc(NC2CCCC2)nc1. The van der Waals surface area contributed by atoms with Crippen molar-refractivity contribution in [2.24, 2.45) is 0 Å². The van der Waals surface area contributed by atoms with Crippen LogP contribution in [-0.4, -0.2) is 28.4 Å². The van der Waals surface area contributed by atoms with Gasteiger partial charge >= 0.3 is 0 Å². The predicted molar refractivity (Wildman–Crippen MR) is 79.5 cm³/mol. The highest BCUT2D eigenvalue weighted by Crippen LogP contribution is 2.32. The Morgan fingerprint density at radius 3 is 2.70 bits per heavy atom. The van der Waals surface area contributed by atoms with Crippen LogP contribution in [0.4, 0.5) is 5.82 Å². The summed E-state index contributed by atoms with van der Waals surface area (Å²) in [6, 6.07) is 5.00. The van der Waals surface area contributed by atoms with Crippen LogP contribution in [0.2, 0.25) is 0 Å². The highest BCUT2D eigenvalue weighted by molar-refractivity contribution is 5.74. The number of likely N-dealkylation sites (tertiary alicyclic amines) is 1. The summed E-state index contributed by atoms with van der Waals surface area (Å²) in [5, 5.41) is 3.50. The third kappa shape index (κ3) is 2.79. The number of rotatable bonds is 3. The first kappa shape index (κ1) is 13.4. The number of nitrogens with one attached hydrogen (secondary N) is 1. The number of hydrogen-bond acceptors (Lipinski definition) is 3. The molecule has 1 aromatic heterocycles. The molecule has 0 spiro atoms. The third-order valence-electron chi connectivity index (χ3n) is 4.54. The molecular formula is C16H23N3O. The van der Waals surface area contributed by atoms with Crippen molar-refractivity contribution in [3.05, 3.63) is 23.9 Å². The van der Waals surface area contributed by atoms with Gasteiger partial charge in [-0.15, -0.1) is 0 Å². The smallest absolute Gasteiger partial charge is 0.219 e. The maximum atomic E-state index is 11.6. The molecule has 108 valence electrons. The van der Waals surface area contributed by atoms with E-state index in [1.165, 1.54) is 25.7 Å². The summed E-state index contributed by atoms with van der Waals surface area (Å²) in [5.41, 5.74) is 1.16. The summed E-state index contributed by atoms with van der Waals surface area (Å²) in [6.07, 6.45) is 9.23. The molecule has 0 radical (unpaired) electrons. The second kappa shape index (κ2) is 5.81. The number of nitrogens with zero attached hydrogens (tertiary/aromatic N) is 2. The molecule has 2 heterocycles. The van der Waals surface area contributed by atoms with Gasteiger partial charge in [0, 0.05) is 25.7 Å². The zero-order valence-corrected chi connectivity index (χ0v) is 12.1. The number of carbonyl (C=O) groups excluding carboxylic acids is 1. The molecule has 1 N–H and O–H groups in total. The number of hydrogen-bond donors (Lipinski definition) is 1. The highest BCUT2D eigenvalue weighted by atomic mass is 16.2. The van der Waals surface area contributed by atoms with Gasteiger partial charge < -0.3 is 10.2 Å². The molecule has 1 atom stereocenters. The van der Waals surface area contributed by atoms with Crippen LogP contribution in [-0.2, 0) is 4.79 Å². The molecule has 0 aromatic carbocycles. The number of aromatic nitrogens is 1. The van der Waals surface area contributed by atoms with Crippen LogP contribution in [0.1, 0.15) is 57.1 Å². The van der Waals surface area contributed by atoms with Crippen molar-refractivity contribution in [1.29, 1.82) is 0 Å². The van der Waals surface area contributed by atoms with Gasteiger partial charge in [0.2, 0.25) is 5.91 Å². The van der Waals surface area contributed by atoms with E-state index in [1.54, 1.807) is 6.92 Å². The van der Waals surface area contributed by atoms with E-state index in [4.69, 9.17) is 0 Å². The normalized spacial score (nSPS) is 23.2. The lowest BCUT2D eigenvalue weighted by Crippen LogP contribution is -2.28. The molecule has 1 saturated carbocycles. The standard InChI is InChI=1S/C16H23N3O/c1-12(20)19-10-4-7-15(19)13-8-9-16(17-11-13)18-14-5-2-3-6-14/h8-9,11,14-15H,2-7,10H2,1H3,(H,17,18)/t15-/m0/s1. The maximum Gasteiger partial charge on any atom is 0.219 e. The first-order valence-electron chi connectivity index (χ1n) is 7.74. The number of amides is 1. The first-order chi connectivity index (χ1) is 9.74. The Hall–Kier alpha value is -1.58. The molecule has 0 unspecified atom stereocenters. The van der Waals surface area contributed by atoms with Crippen molar-refractivity contribution < 1.29 is 4.79 Å². The Balaban J connectivity index is 1.67. The highest BCUT2D eigenvalue weighted by Gasteiger charge is 2.28. The fourth-order valence-electron chi connectivity index (χ4n) is 3.46. The van der Waals surface area contributed by atoms with Gasteiger partial charge in [-0.3, -0.25) is 4.79 Å². The van der Waals surface area contributed by atoms with Crippen LogP contribution in [0.25, 0.3) is 0 Å². The molecule has 1 aliphatic heterocycles. The maximum absolute atomic E-state index is 11.6. The van der Waals surface area contributed by atoms with Crippen LogP contribution in [0.3, 0.4) is 0 Å². The van der Waals surface area contributed by atoms with E-state index in [1.807, 2.05) is 11.1 Å². The quantitative estimate of drug-likeness (QED) is 0.920. The molecule has 1 amide bonds. The van der Waals surface area contributed by atoms with Crippen LogP contribution in [0.5, 0.6) is 0 Å². The van der Waals surface area contributed by atoms with E-state index < -0.39 is 0 Å². The molecule has 1 aromatic rings. The van der Waals surface area contributed by atoms with E-state index >= 15 is 0 Å². The average molecular weight is 273 g/mol. The molecule has 3 rings (SSSR count). The van der Waals surface area contributed by atoms with Crippen molar-refractivity contribution in [3.63, 3.8) is 0 Å². The summed E-state index contributed by atoms with van der Waals surface area (Å²) in [4.78, 5) is 18.1. The van der Waals surface area contributed by atoms with Gasteiger partial charge in [-0.2, -0.15) is 0 Å². The van der Waals surface area contributed by atoms with E-state index in [2.05, 4.69) is 22.4 Å². The predicted octanol–water partition coefficient (Wildman–Crippen LogP) is 3.12. The molecule has 4 nitrogen and oxygen atoms in total. The minimum Gasteiger partial charge on any atom is -0.367 e. The molecule has 2 aliphatic rings. The van der Waals surface area contributed by atoms with Crippen molar-refractivity contribution >= 4 is 11.7 Å². The first-order valence-corrected chi connectivity index (χ1v) is 7.74. The molecule has 4 heteroatoms. The number of pyridine rings is 1. The fourth-order valence-corrected chi connectivity index (χ4v) is 3.46. The summed E-state index contributed by atoms with van der Waals surface area (Å²) in [6.45, 7) is 2.53. The van der Waals surface area contributed by atoms with Crippen LogP contribution in [0, 0.1) is 0 Å². The third-order valence-corrected chi connectivity index (χ3v) is 4.54. The van der Waals surface area contributed by atoms with Crippen molar-refractivity contribution in [1.82, 2.24) is 9.88 Å². The fraction of sp³-hybridized carbons (Fsp3) is 0.625. The van der Waals surface area contributed by atoms with Gasteiger partial charge in [0.05, 0.1) is 6.04 Å². The Morgan fingerprint density at radius 2 is 2.05 bits per heavy atom. The molecule has 20 heavy (non-hydrogen) atoms. The van der Waals surface area contributed by atoms with Gasteiger partial charge in [-0.05, 0) is 37.3 Å². The molecule has 2 fully saturated rings. The lowest BCUT2D eigenvalue weighted by atomic mass is 10.1. The Bertz CT molecular complexity index is 465. The minimum atomic E-state index is 0.167. The monoisotopic (exact) mass is 273 g/mol. The van der Waals surface area contributed by atoms with Crippen LogP contribution in [0.15, 0.2) is 18.3 Å². The molecule has 1 aliphatic carbocycles. The van der Waals surface area contributed by atoms with Crippen molar-refractivity contribution in [3.8, 4) is 0 Å². The number of anilines is 1. The summed E-state index contributed by atoms with van der Waals surface area (Å²) >= 11 is 0. The van der Waals surface area contributed by atoms with Gasteiger partial charge in [0.15, 0.2) is 0 Å². The Labute approximate surface area is 120 Å². The second-order valence-corrected chi connectivity index (χ2v) is 5.97. The Kier molecular flexibility index (Phi) is 3.90. The lowest BCUT2D eigenvalue weighted by molar-refractivity contribution is -0.129. The number of carbonyl (C=O) groups is 1. The van der Waals surface area contributed by atoms with Crippen molar-refractivity contribution in [2.45, 2.75) is 57.5 Å². The second-order valence-electron chi connectivity index (χ2n) is 5.97. The van der Waals surface area contributed by atoms with Crippen LogP contribution < -0.4 is 5.32 Å². The molecule has 1 saturated heterocycles. The average Bonchev–Trinajstić information content (AvgIpc) is 3.10. The minimum absolute atomic E-state index is 0.167. The Morgan fingerprint density at radius 1 is 1.25 bits per heavy atom. The van der Waals surface area contributed by atoms with E-state index in [9.17, 15) is 4.79 Å². The van der Waals surface area contributed by atoms with E-state index in [-0.39, 0.29) is 11.9 Å². The molecular weight excluding hydrogens is 250 g/mol. The summed E-state index contributed by atoms with van der Waals surface area (Å²) < 4.78 is 0. The largest absolute Gasteiger partial charge is 0.367 e. The summed E-state index contributed by atoms with van der Waals surface area (Å²) in [7, 11) is 0. The van der Waals surface area contributed by atoms with E-state index in [0.717, 1.165) is 30.8 Å². The lowest BCUT2D eigenvalue weighted by Gasteiger charge is -2.23. The van der Waals surface area contributed by atoms with Gasteiger partial charge in [-0.1, -0.05) is 18.9 Å². The van der Waals surface area contributed by atoms with Gasteiger partial charge in [0.25, 0.3) is 0 Å². The summed E-state index contributed by atoms with van der Waals surface area (Å²) in [5.74, 6) is 1.13. The van der Waals surface area contributed by atoms with Crippen molar-refractivity contribution in [2.75, 3.05) is 11.9 Å².